The molecule has 1 aromatic carbocycles. The van der Waals surface area contributed by atoms with Crippen LogP contribution in [-0.2, 0) is 6.42 Å². The van der Waals surface area contributed by atoms with Gasteiger partial charge in [-0.2, -0.15) is 4.39 Å². The van der Waals surface area contributed by atoms with Gasteiger partial charge in [-0.25, -0.2) is 0 Å². The van der Waals surface area contributed by atoms with Crippen LogP contribution in [0.1, 0.15) is 45.1 Å². The van der Waals surface area contributed by atoms with Gasteiger partial charge in [0.15, 0.2) is 0 Å². The van der Waals surface area contributed by atoms with Crippen molar-refractivity contribution in [3.63, 3.8) is 0 Å². The zero-order chi connectivity index (χ0) is 15.0. The minimum atomic E-state index is -0.743. The number of benzene rings is 1. The van der Waals surface area contributed by atoms with Gasteiger partial charge in [0.1, 0.15) is 0 Å². The van der Waals surface area contributed by atoms with Crippen LogP contribution in [0.4, 0.5) is 10.1 Å². The molecule has 0 atom stereocenters. The maximum Gasteiger partial charge on any atom is 0.305 e. The van der Waals surface area contributed by atoms with Crippen LogP contribution in [0.5, 0.6) is 0 Å². The monoisotopic (exact) mass is 280 g/mol. The van der Waals surface area contributed by atoms with Crippen LogP contribution < -0.4 is 5.73 Å². The second kappa shape index (κ2) is 5.13. The molecule has 1 aliphatic carbocycles. The number of halogens is 1. The van der Waals surface area contributed by atoms with Crippen LogP contribution >= 0.6 is 0 Å². The summed E-state index contributed by atoms with van der Waals surface area (Å²) in [6.07, 6.45) is 4.00. The number of nitro benzene ring substituents is 1. The fraction of sp³-hybridized carbons (Fsp3) is 0.600. The Kier molecular flexibility index (Phi) is 3.82. The topological polar surface area (TPSA) is 69.2 Å². The van der Waals surface area contributed by atoms with Crippen molar-refractivity contribution >= 4 is 5.69 Å². The maximum atomic E-state index is 14.1. The zero-order valence-corrected chi connectivity index (χ0v) is 12.0. The molecule has 1 aliphatic rings. The third-order valence-electron chi connectivity index (χ3n) is 4.40. The Labute approximate surface area is 118 Å². The maximum absolute atomic E-state index is 14.1. The number of hydrogen-bond acceptors (Lipinski definition) is 3. The summed E-state index contributed by atoms with van der Waals surface area (Å²) >= 11 is 0. The van der Waals surface area contributed by atoms with Gasteiger partial charge in [-0.05, 0) is 43.1 Å². The van der Waals surface area contributed by atoms with Gasteiger partial charge in [0, 0.05) is 11.6 Å². The fourth-order valence-corrected chi connectivity index (χ4v) is 2.82. The standard InChI is InChI=1S/C15H21FN2O2/c1-14(2)6-8-15(17,9-7-14)10-11-4-3-5-12(13(11)16)18(19)20/h3-5H,6-10,17H2,1-2H3. The minimum Gasteiger partial charge on any atom is -0.325 e. The second-order valence-electron chi connectivity index (χ2n) is 6.71. The molecular weight excluding hydrogens is 259 g/mol. The molecule has 0 heterocycles. The Bertz CT molecular complexity index is 519. The summed E-state index contributed by atoms with van der Waals surface area (Å²) in [6.45, 7) is 4.42. The Morgan fingerprint density at radius 2 is 1.90 bits per heavy atom. The molecule has 0 radical (unpaired) electrons. The Morgan fingerprint density at radius 1 is 1.30 bits per heavy atom. The zero-order valence-electron chi connectivity index (χ0n) is 12.0. The first-order chi connectivity index (χ1) is 9.22. The molecule has 0 bridgehead atoms. The van der Waals surface area contributed by atoms with Crippen molar-refractivity contribution in [2.45, 2.75) is 51.5 Å². The highest BCUT2D eigenvalue weighted by atomic mass is 19.1. The van der Waals surface area contributed by atoms with Crippen LogP contribution in [0.15, 0.2) is 18.2 Å². The van der Waals surface area contributed by atoms with E-state index in [1.54, 1.807) is 6.07 Å². The first kappa shape index (κ1) is 14.9. The van der Waals surface area contributed by atoms with Gasteiger partial charge >= 0.3 is 5.69 Å². The van der Waals surface area contributed by atoms with Crippen molar-refractivity contribution in [2.24, 2.45) is 11.1 Å². The van der Waals surface area contributed by atoms with E-state index < -0.39 is 22.0 Å². The van der Waals surface area contributed by atoms with Gasteiger partial charge in [-0.3, -0.25) is 10.1 Å². The molecule has 5 heteroatoms. The summed E-state index contributed by atoms with van der Waals surface area (Å²) < 4.78 is 14.1. The third-order valence-corrected chi connectivity index (χ3v) is 4.40. The molecule has 0 saturated heterocycles. The Morgan fingerprint density at radius 3 is 2.45 bits per heavy atom. The van der Waals surface area contributed by atoms with Crippen LogP contribution in [0.2, 0.25) is 0 Å². The van der Waals surface area contributed by atoms with Gasteiger partial charge in [0.2, 0.25) is 5.82 Å². The van der Waals surface area contributed by atoms with E-state index in [-0.39, 0.29) is 5.41 Å². The molecule has 0 amide bonds. The molecule has 0 unspecified atom stereocenters. The molecule has 20 heavy (non-hydrogen) atoms. The number of nitrogens with two attached hydrogens (primary N) is 1. The molecule has 1 aromatic rings. The molecule has 1 fully saturated rings. The van der Waals surface area contributed by atoms with Gasteiger partial charge in [-0.1, -0.05) is 26.0 Å². The van der Waals surface area contributed by atoms with Crippen molar-refractivity contribution in [1.82, 2.24) is 0 Å². The van der Waals surface area contributed by atoms with Crippen LogP contribution in [0.3, 0.4) is 0 Å². The fourth-order valence-electron chi connectivity index (χ4n) is 2.82. The molecule has 4 nitrogen and oxygen atoms in total. The van der Waals surface area contributed by atoms with Crippen molar-refractivity contribution < 1.29 is 9.31 Å². The summed E-state index contributed by atoms with van der Waals surface area (Å²) in [5.74, 6) is -0.743. The van der Waals surface area contributed by atoms with Crippen LogP contribution in [0.25, 0.3) is 0 Å². The van der Waals surface area contributed by atoms with E-state index in [0.717, 1.165) is 25.7 Å². The molecule has 0 aromatic heterocycles. The normalized spacial score (nSPS) is 20.6. The van der Waals surface area contributed by atoms with Gasteiger partial charge < -0.3 is 5.73 Å². The number of hydrogen-bond donors (Lipinski definition) is 1. The summed E-state index contributed by atoms with van der Waals surface area (Å²) in [7, 11) is 0. The average Bonchev–Trinajstić information content (AvgIpc) is 2.36. The van der Waals surface area contributed by atoms with E-state index in [2.05, 4.69) is 13.8 Å². The first-order valence-corrected chi connectivity index (χ1v) is 6.93. The van der Waals surface area contributed by atoms with E-state index in [0.29, 0.717) is 12.0 Å². The van der Waals surface area contributed by atoms with Gasteiger partial charge in [0.05, 0.1) is 4.92 Å². The average molecular weight is 280 g/mol. The second-order valence-corrected chi connectivity index (χ2v) is 6.71. The van der Waals surface area contributed by atoms with E-state index in [1.807, 2.05) is 0 Å². The van der Waals surface area contributed by atoms with E-state index in [9.17, 15) is 14.5 Å². The molecule has 110 valence electrons. The molecular formula is C15H21FN2O2. The molecule has 1 saturated carbocycles. The lowest BCUT2D eigenvalue weighted by atomic mass is 9.68. The van der Waals surface area contributed by atoms with Gasteiger partial charge in [-0.15, -0.1) is 0 Å². The lowest BCUT2D eigenvalue weighted by molar-refractivity contribution is -0.387. The summed E-state index contributed by atoms with van der Waals surface area (Å²) in [5, 5.41) is 10.8. The summed E-state index contributed by atoms with van der Waals surface area (Å²) in [6, 6.07) is 4.30. The molecule has 0 spiro atoms. The van der Waals surface area contributed by atoms with Crippen molar-refractivity contribution in [3.05, 3.63) is 39.7 Å². The number of rotatable bonds is 3. The number of nitrogens with zero attached hydrogens (tertiary/aromatic N) is 1. The van der Waals surface area contributed by atoms with E-state index in [4.69, 9.17) is 5.73 Å². The number of nitro groups is 1. The predicted molar refractivity (Wildman–Crippen MR) is 75.9 cm³/mol. The Hall–Kier alpha value is -1.49. The van der Waals surface area contributed by atoms with Crippen molar-refractivity contribution in [2.75, 3.05) is 0 Å². The molecule has 2 rings (SSSR count). The lowest BCUT2D eigenvalue weighted by Crippen LogP contribution is -2.47. The van der Waals surface area contributed by atoms with E-state index in [1.165, 1.54) is 12.1 Å². The molecule has 0 aliphatic heterocycles. The lowest BCUT2D eigenvalue weighted by Gasteiger charge is -2.41. The first-order valence-electron chi connectivity index (χ1n) is 6.93. The third kappa shape index (κ3) is 3.15. The SMILES string of the molecule is CC1(C)CCC(N)(Cc2cccc([N+](=O)[O-])c2F)CC1. The summed E-state index contributed by atoms with van der Waals surface area (Å²) in [4.78, 5) is 10.1. The smallest absolute Gasteiger partial charge is 0.305 e. The summed E-state index contributed by atoms with van der Waals surface area (Å²) in [5.41, 5.74) is 6.08. The predicted octanol–water partition coefficient (Wildman–Crippen LogP) is 3.57. The largest absolute Gasteiger partial charge is 0.325 e. The highest BCUT2D eigenvalue weighted by Gasteiger charge is 2.36. The van der Waals surface area contributed by atoms with Crippen LogP contribution in [-0.4, -0.2) is 10.5 Å². The highest BCUT2D eigenvalue weighted by molar-refractivity contribution is 5.37. The Balaban J connectivity index is 2.18. The molecule has 2 N–H and O–H groups in total. The minimum absolute atomic E-state index is 0.282. The van der Waals surface area contributed by atoms with Crippen molar-refractivity contribution in [3.8, 4) is 0 Å². The highest BCUT2D eigenvalue weighted by Crippen LogP contribution is 2.40. The van der Waals surface area contributed by atoms with Gasteiger partial charge in [0.25, 0.3) is 0 Å². The van der Waals surface area contributed by atoms with Crippen LogP contribution in [0, 0.1) is 21.3 Å². The quantitative estimate of drug-likeness (QED) is 0.679. The van der Waals surface area contributed by atoms with Crippen molar-refractivity contribution in [1.29, 1.82) is 0 Å². The van der Waals surface area contributed by atoms with E-state index >= 15 is 0 Å².